The fraction of sp³-hybridized carbons (Fsp3) is 0.267. The zero-order valence-corrected chi connectivity index (χ0v) is 14.6. The smallest absolute Gasteiger partial charge is 0.227 e. The van der Waals surface area contributed by atoms with E-state index in [1.807, 2.05) is 24.3 Å². The molecule has 5 nitrogen and oxygen atoms in total. The summed E-state index contributed by atoms with van der Waals surface area (Å²) in [4.78, 5) is 4.29. The molecule has 3 rings (SSSR count). The van der Waals surface area contributed by atoms with E-state index in [-0.39, 0.29) is 0 Å². The fourth-order valence-corrected chi connectivity index (χ4v) is 4.63. The van der Waals surface area contributed by atoms with Crippen molar-refractivity contribution in [3.05, 3.63) is 47.0 Å². The van der Waals surface area contributed by atoms with Crippen molar-refractivity contribution < 1.29 is 8.42 Å². The third-order valence-electron chi connectivity index (χ3n) is 3.43. The number of nitrogens with zero attached hydrogens (tertiary/aromatic N) is 1. The molecule has 1 aromatic carbocycles. The Morgan fingerprint density at radius 1 is 1.26 bits per heavy atom. The molecular weight excluding hydrogens is 354 g/mol. The number of aromatic nitrogens is 1. The first-order chi connectivity index (χ1) is 11.1. The lowest BCUT2D eigenvalue weighted by Crippen LogP contribution is -2.34. The first-order valence-corrected chi connectivity index (χ1v) is 10.0. The molecule has 0 aliphatic carbocycles. The summed E-state index contributed by atoms with van der Waals surface area (Å²) in [5.41, 5.74) is 1.80. The van der Waals surface area contributed by atoms with Crippen molar-refractivity contribution in [1.29, 1.82) is 0 Å². The van der Waals surface area contributed by atoms with Crippen LogP contribution in [0.1, 0.15) is 6.42 Å². The molecule has 0 amide bonds. The van der Waals surface area contributed by atoms with Crippen LogP contribution in [0.25, 0.3) is 10.9 Å². The number of nitrogens with one attached hydrogen (secondary N) is 2. The molecule has 2 heterocycles. The number of anilines is 1. The third-order valence-corrected chi connectivity index (χ3v) is 6.87. The molecule has 8 heteroatoms. The number of rotatable bonds is 7. The van der Waals surface area contributed by atoms with E-state index >= 15 is 0 Å². The van der Waals surface area contributed by atoms with E-state index in [9.17, 15) is 8.42 Å². The molecule has 1 atom stereocenters. The minimum atomic E-state index is -3.23. The molecule has 23 heavy (non-hydrogen) atoms. The second kappa shape index (κ2) is 7.09. The monoisotopic (exact) mass is 369 g/mol. The topological polar surface area (TPSA) is 71.1 Å². The molecule has 0 radical (unpaired) electrons. The number of benzene rings is 1. The second-order valence-electron chi connectivity index (χ2n) is 5.07. The average molecular weight is 370 g/mol. The molecule has 0 bridgehead atoms. The minimum absolute atomic E-state index is 0.412. The Bertz CT molecular complexity index is 840. The highest BCUT2D eigenvalue weighted by molar-refractivity contribution is 8.16. The van der Waals surface area contributed by atoms with Gasteiger partial charge in [0, 0.05) is 35.4 Å². The van der Waals surface area contributed by atoms with Gasteiger partial charge in [-0.25, -0.2) is 13.1 Å². The molecule has 1 aliphatic rings. The zero-order valence-electron chi connectivity index (χ0n) is 12.2. The normalized spacial score (nSPS) is 17.2. The van der Waals surface area contributed by atoms with E-state index in [2.05, 4.69) is 15.0 Å². The van der Waals surface area contributed by atoms with Gasteiger partial charge < -0.3 is 5.32 Å². The molecule has 1 aliphatic heterocycles. The minimum Gasteiger partial charge on any atom is -0.384 e. The van der Waals surface area contributed by atoms with E-state index in [0.29, 0.717) is 24.5 Å². The lowest BCUT2D eigenvalue weighted by atomic mass is 10.2. The Morgan fingerprint density at radius 3 is 2.83 bits per heavy atom. The molecular formula is C15H16ClN3O2S2. The number of hydrogen-bond acceptors (Lipinski definition) is 5. The van der Waals surface area contributed by atoms with E-state index in [1.54, 1.807) is 17.7 Å². The Kier molecular flexibility index (Phi) is 5.11. The van der Waals surface area contributed by atoms with Crippen molar-refractivity contribution in [2.45, 2.75) is 11.0 Å². The largest absolute Gasteiger partial charge is 0.384 e. The van der Waals surface area contributed by atoms with Crippen LogP contribution in [0.2, 0.25) is 5.02 Å². The standard InChI is InChI=1S/C15H16ClN3O2S2/c16-11-2-3-12-13(4-8-18-14(12)10-11)17-6-1-7-19-23(20,21)15-5-9-22-15/h2-5,8-10,15,19H,1,6-7H2,(H,17,18). The van der Waals surface area contributed by atoms with Crippen LogP contribution in [0.15, 0.2) is 41.9 Å². The van der Waals surface area contributed by atoms with Gasteiger partial charge in [-0.15, -0.1) is 11.8 Å². The Hall–Kier alpha value is -1.28. The summed E-state index contributed by atoms with van der Waals surface area (Å²) in [6.45, 7) is 1.08. The van der Waals surface area contributed by atoms with Crippen molar-refractivity contribution >= 4 is 50.0 Å². The highest BCUT2D eigenvalue weighted by Crippen LogP contribution is 2.28. The van der Waals surface area contributed by atoms with Crippen LogP contribution in [-0.2, 0) is 10.0 Å². The third kappa shape index (κ3) is 3.98. The number of pyridine rings is 1. The fourth-order valence-electron chi connectivity index (χ4n) is 2.20. The molecule has 0 fully saturated rings. The molecule has 1 unspecified atom stereocenters. The number of fused-ring (bicyclic) bond motifs is 1. The molecule has 0 spiro atoms. The van der Waals surface area contributed by atoms with Crippen molar-refractivity contribution in [2.24, 2.45) is 0 Å². The summed E-state index contributed by atoms with van der Waals surface area (Å²) < 4.78 is 25.8. The van der Waals surface area contributed by atoms with E-state index < -0.39 is 14.6 Å². The van der Waals surface area contributed by atoms with Crippen molar-refractivity contribution in [3.63, 3.8) is 0 Å². The first-order valence-electron chi connectivity index (χ1n) is 7.15. The quantitative estimate of drug-likeness (QED) is 0.733. The Morgan fingerprint density at radius 2 is 2.09 bits per heavy atom. The molecule has 2 N–H and O–H groups in total. The maximum absolute atomic E-state index is 11.8. The summed E-state index contributed by atoms with van der Waals surface area (Å²) in [5, 5.41) is 6.74. The van der Waals surface area contributed by atoms with Crippen LogP contribution in [0, 0.1) is 0 Å². The van der Waals surface area contributed by atoms with Gasteiger partial charge in [0.05, 0.1) is 5.52 Å². The van der Waals surface area contributed by atoms with Gasteiger partial charge in [-0.1, -0.05) is 11.6 Å². The van der Waals surface area contributed by atoms with E-state index in [4.69, 9.17) is 11.6 Å². The van der Waals surface area contributed by atoms with Crippen molar-refractivity contribution in [1.82, 2.24) is 9.71 Å². The number of thioether (sulfide) groups is 1. The van der Waals surface area contributed by atoms with Gasteiger partial charge >= 0.3 is 0 Å². The van der Waals surface area contributed by atoms with Crippen LogP contribution in [-0.4, -0.2) is 31.1 Å². The van der Waals surface area contributed by atoms with Crippen LogP contribution in [0.3, 0.4) is 0 Å². The van der Waals surface area contributed by atoms with Gasteiger partial charge in [-0.3, -0.25) is 4.98 Å². The maximum atomic E-state index is 11.8. The van der Waals surface area contributed by atoms with Gasteiger partial charge in [0.25, 0.3) is 0 Å². The van der Waals surface area contributed by atoms with Crippen LogP contribution < -0.4 is 10.0 Å². The van der Waals surface area contributed by atoms with Gasteiger partial charge in [0.15, 0.2) is 0 Å². The Labute approximate surface area is 144 Å². The first kappa shape index (κ1) is 16.6. The number of sulfonamides is 1. The SMILES string of the molecule is O=S(=O)(NCCCNc1ccnc2cc(Cl)ccc12)C1C=CS1. The van der Waals surface area contributed by atoms with E-state index in [1.165, 1.54) is 11.8 Å². The average Bonchev–Trinajstić information content (AvgIpc) is 2.44. The summed E-state index contributed by atoms with van der Waals surface area (Å²) in [6.07, 6.45) is 4.10. The molecule has 122 valence electrons. The number of halogens is 1. The Balaban J connectivity index is 1.52. The van der Waals surface area contributed by atoms with Crippen molar-refractivity contribution in [2.75, 3.05) is 18.4 Å². The molecule has 1 aromatic heterocycles. The van der Waals surface area contributed by atoms with Crippen LogP contribution in [0.4, 0.5) is 5.69 Å². The lowest BCUT2D eigenvalue weighted by molar-refractivity contribution is 0.581. The van der Waals surface area contributed by atoms with Crippen LogP contribution >= 0.6 is 23.4 Å². The lowest BCUT2D eigenvalue weighted by Gasteiger charge is -2.18. The predicted octanol–water partition coefficient (Wildman–Crippen LogP) is 3.20. The molecule has 2 aromatic rings. The van der Waals surface area contributed by atoms with Gasteiger partial charge in [0.2, 0.25) is 10.0 Å². The summed E-state index contributed by atoms with van der Waals surface area (Å²) in [7, 11) is -3.23. The van der Waals surface area contributed by atoms with Gasteiger partial charge in [0.1, 0.15) is 4.58 Å². The highest BCUT2D eigenvalue weighted by Gasteiger charge is 2.26. The number of hydrogen-bond donors (Lipinski definition) is 2. The predicted molar refractivity (Wildman–Crippen MR) is 97.3 cm³/mol. The van der Waals surface area contributed by atoms with Gasteiger partial charge in [-0.2, -0.15) is 0 Å². The summed E-state index contributed by atoms with van der Waals surface area (Å²) in [5.74, 6) is 0. The zero-order chi connectivity index (χ0) is 16.3. The summed E-state index contributed by atoms with van der Waals surface area (Å²) >= 11 is 7.28. The van der Waals surface area contributed by atoms with Crippen LogP contribution in [0.5, 0.6) is 0 Å². The highest BCUT2D eigenvalue weighted by atomic mass is 35.5. The summed E-state index contributed by atoms with van der Waals surface area (Å²) in [6, 6.07) is 7.47. The molecule has 0 saturated carbocycles. The second-order valence-corrected chi connectivity index (χ2v) is 8.75. The van der Waals surface area contributed by atoms with Gasteiger partial charge in [-0.05, 0) is 42.2 Å². The van der Waals surface area contributed by atoms with Crippen molar-refractivity contribution in [3.8, 4) is 0 Å². The maximum Gasteiger partial charge on any atom is 0.227 e. The molecule has 0 saturated heterocycles. The van der Waals surface area contributed by atoms with E-state index in [0.717, 1.165) is 16.6 Å².